The van der Waals surface area contributed by atoms with E-state index < -0.39 is 4.92 Å². The highest BCUT2D eigenvalue weighted by atomic mass is 16.6. The third-order valence-corrected chi connectivity index (χ3v) is 3.40. The summed E-state index contributed by atoms with van der Waals surface area (Å²) in [6, 6.07) is 5.75. The number of hydrogen-bond acceptors (Lipinski definition) is 6. The van der Waals surface area contributed by atoms with Crippen LogP contribution in [0.2, 0.25) is 0 Å². The van der Waals surface area contributed by atoms with E-state index in [1.165, 1.54) is 6.33 Å². The summed E-state index contributed by atoms with van der Waals surface area (Å²) in [5, 5.41) is 17.4. The van der Waals surface area contributed by atoms with Crippen LogP contribution in [0.25, 0.3) is 0 Å². The van der Waals surface area contributed by atoms with Crippen molar-refractivity contribution in [2.24, 2.45) is 0 Å². The minimum absolute atomic E-state index is 0.142. The fourth-order valence-corrected chi connectivity index (χ4v) is 2.03. The summed E-state index contributed by atoms with van der Waals surface area (Å²) in [6.07, 6.45) is 2.17. The first-order valence-corrected chi connectivity index (χ1v) is 7.11. The van der Waals surface area contributed by atoms with Crippen LogP contribution in [0.15, 0.2) is 24.5 Å². The number of aromatic nitrogens is 2. The van der Waals surface area contributed by atoms with Gasteiger partial charge < -0.3 is 10.6 Å². The second-order valence-corrected chi connectivity index (χ2v) is 4.98. The van der Waals surface area contributed by atoms with Gasteiger partial charge in [-0.15, -0.1) is 0 Å². The van der Waals surface area contributed by atoms with Crippen LogP contribution >= 0.6 is 0 Å². The van der Waals surface area contributed by atoms with E-state index in [0.29, 0.717) is 6.54 Å². The number of aryl methyl sites for hydroxylation is 1. The predicted octanol–water partition coefficient (Wildman–Crippen LogP) is 3.57. The standard InChI is InChI=1S/C15H19N5O2/c1-4-8-16-14-13(20(21)22)15(18-9-17-14)19-12-7-5-6-10(2)11(12)3/h5-7,9H,4,8H2,1-3H3,(H2,16,17,18,19). The van der Waals surface area contributed by atoms with Crippen molar-refractivity contribution in [2.45, 2.75) is 27.2 Å². The Bertz CT molecular complexity index is 688. The second kappa shape index (κ2) is 6.84. The van der Waals surface area contributed by atoms with Crippen molar-refractivity contribution in [1.82, 2.24) is 9.97 Å². The molecule has 0 aliphatic carbocycles. The number of nitrogens with one attached hydrogen (secondary N) is 2. The zero-order valence-electron chi connectivity index (χ0n) is 12.9. The van der Waals surface area contributed by atoms with Crippen molar-refractivity contribution in [3.05, 3.63) is 45.8 Å². The van der Waals surface area contributed by atoms with Gasteiger partial charge in [-0.3, -0.25) is 10.1 Å². The Balaban J connectivity index is 2.42. The lowest BCUT2D eigenvalue weighted by Crippen LogP contribution is -2.09. The van der Waals surface area contributed by atoms with Crippen molar-refractivity contribution in [3.63, 3.8) is 0 Å². The summed E-state index contributed by atoms with van der Waals surface area (Å²) in [5.41, 5.74) is 2.78. The van der Waals surface area contributed by atoms with Crippen molar-refractivity contribution in [3.8, 4) is 0 Å². The molecule has 0 saturated carbocycles. The molecule has 0 saturated heterocycles. The van der Waals surface area contributed by atoms with Gasteiger partial charge in [0.15, 0.2) is 0 Å². The van der Waals surface area contributed by atoms with Crippen LogP contribution in [0, 0.1) is 24.0 Å². The topological polar surface area (TPSA) is 93.0 Å². The second-order valence-electron chi connectivity index (χ2n) is 4.98. The maximum Gasteiger partial charge on any atom is 0.353 e. The molecule has 0 fully saturated rings. The van der Waals surface area contributed by atoms with Gasteiger partial charge in [-0.05, 0) is 37.5 Å². The molecule has 0 unspecified atom stereocenters. The van der Waals surface area contributed by atoms with Crippen molar-refractivity contribution < 1.29 is 4.92 Å². The minimum atomic E-state index is -0.467. The minimum Gasteiger partial charge on any atom is -0.364 e. The molecule has 2 aromatic rings. The highest BCUT2D eigenvalue weighted by molar-refractivity contribution is 5.75. The maximum atomic E-state index is 11.4. The Morgan fingerprint density at radius 1 is 1.23 bits per heavy atom. The Hall–Kier alpha value is -2.70. The fourth-order valence-electron chi connectivity index (χ4n) is 2.03. The number of hydrogen-bond donors (Lipinski definition) is 2. The van der Waals surface area contributed by atoms with Gasteiger partial charge in [0.05, 0.1) is 4.92 Å². The monoisotopic (exact) mass is 301 g/mol. The van der Waals surface area contributed by atoms with Crippen LogP contribution in [-0.2, 0) is 0 Å². The molecule has 1 aromatic heterocycles. The molecule has 1 heterocycles. The molecule has 0 aliphatic heterocycles. The molecule has 7 nitrogen and oxygen atoms in total. The Labute approximate surface area is 129 Å². The predicted molar refractivity (Wildman–Crippen MR) is 86.7 cm³/mol. The van der Waals surface area contributed by atoms with E-state index in [2.05, 4.69) is 20.6 Å². The number of nitro groups is 1. The number of rotatable bonds is 6. The molecule has 22 heavy (non-hydrogen) atoms. The molecule has 0 bridgehead atoms. The van der Waals surface area contributed by atoms with Gasteiger partial charge in [-0.1, -0.05) is 19.1 Å². The van der Waals surface area contributed by atoms with Crippen molar-refractivity contribution in [2.75, 3.05) is 17.2 Å². The summed E-state index contributed by atoms with van der Waals surface area (Å²) in [4.78, 5) is 18.9. The van der Waals surface area contributed by atoms with E-state index in [9.17, 15) is 10.1 Å². The van der Waals surface area contributed by atoms with Gasteiger partial charge in [-0.2, -0.15) is 0 Å². The van der Waals surface area contributed by atoms with Crippen LogP contribution in [0.3, 0.4) is 0 Å². The SMILES string of the molecule is CCCNc1ncnc(Nc2cccc(C)c2C)c1[N+](=O)[O-]. The number of benzene rings is 1. The first-order valence-electron chi connectivity index (χ1n) is 7.11. The van der Waals surface area contributed by atoms with E-state index in [4.69, 9.17) is 0 Å². The molecule has 0 amide bonds. The zero-order valence-corrected chi connectivity index (χ0v) is 12.9. The van der Waals surface area contributed by atoms with Gasteiger partial charge in [-0.25, -0.2) is 9.97 Å². The lowest BCUT2D eigenvalue weighted by Gasteiger charge is -2.12. The zero-order chi connectivity index (χ0) is 16.1. The first-order chi connectivity index (χ1) is 10.5. The van der Waals surface area contributed by atoms with Gasteiger partial charge in [0.1, 0.15) is 6.33 Å². The summed E-state index contributed by atoms with van der Waals surface area (Å²) in [5.74, 6) is 0.418. The van der Waals surface area contributed by atoms with E-state index in [-0.39, 0.29) is 17.3 Å². The number of nitrogens with zero attached hydrogens (tertiary/aromatic N) is 3. The van der Waals surface area contributed by atoms with E-state index in [0.717, 1.165) is 23.2 Å². The summed E-state index contributed by atoms with van der Waals surface area (Å²) in [6.45, 7) is 6.54. The van der Waals surface area contributed by atoms with Crippen LogP contribution in [0.4, 0.5) is 23.0 Å². The Morgan fingerprint density at radius 3 is 2.64 bits per heavy atom. The summed E-state index contributed by atoms with van der Waals surface area (Å²) >= 11 is 0. The molecular weight excluding hydrogens is 282 g/mol. The molecule has 7 heteroatoms. The third-order valence-electron chi connectivity index (χ3n) is 3.40. The summed E-state index contributed by atoms with van der Waals surface area (Å²) < 4.78 is 0. The molecule has 1 aromatic carbocycles. The smallest absolute Gasteiger partial charge is 0.353 e. The lowest BCUT2D eigenvalue weighted by atomic mass is 10.1. The average Bonchev–Trinajstić information content (AvgIpc) is 2.49. The molecule has 0 radical (unpaired) electrons. The highest BCUT2D eigenvalue weighted by Crippen LogP contribution is 2.32. The molecule has 2 N–H and O–H groups in total. The molecular formula is C15H19N5O2. The van der Waals surface area contributed by atoms with Crippen LogP contribution < -0.4 is 10.6 Å². The van der Waals surface area contributed by atoms with Crippen molar-refractivity contribution >= 4 is 23.0 Å². The molecule has 0 aliphatic rings. The van der Waals surface area contributed by atoms with Gasteiger partial charge in [0.25, 0.3) is 0 Å². The molecule has 2 rings (SSSR count). The third kappa shape index (κ3) is 3.30. The van der Waals surface area contributed by atoms with Gasteiger partial charge in [0, 0.05) is 12.2 Å². The molecule has 116 valence electrons. The van der Waals surface area contributed by atoms with Gasteiger partial charge in [0.2, 0.25) is 11.6 Å². The average molecular weight is 301 g/mol. The summed E-state index contributed by atoms with van der Waals surface area (Å²) in [7, 11) is 0. The Kier molecular flexibility index (Phi) is 4.88. The lowest BCUT2D eigenvalue weighted by molar-refractivity contribution is -0.383. The Morgan fingerprint density at radius 2 is 1.95 bits per heavy atom. The van der Waals surface area contributed by atoms with Crippen LogP contribution in [0.5, 0.6) is 0 Å². The quantitative estimate of drug-likeness (QED) is 0.626. The highest BCUT2D eigenvalue weighted by Gasteiger charge is 2.23. The van der Waals surface area contributed by atoms with Gasteiger partial charge >= 0.3 is 5.69 Å². The van der Waals surface area contributed by atoms with Crippen LogP contribution in [0.1, 0.15) is 24.5 Å². The van der Waals surface area contributed by atoms with E-state index in [1.807, 2.05) is 39.0 Å². The van der Waals surface area contributed by atoms with Crippen LogP contribution in [-0.4, -0.2) is 21.4 Å². The van der Waals surface area contributed by atoms with E-state index >= 15 is 0 Å². The normalized spacial score (nSPS) is 10.3. The first kappa shape index (κ1) is 15.7. The molecule has 0 atom stereocenters. The fraction of sp³-hybridized carbons (Fsp3) is 0.333. The number of anilines is 3. The van der Waals surface area contributed by atoms with Crippen molar-refractivity contribution in [1.29, 1.82) is 0 Å². The largest absolute Gasteiger partial charge is 0.364 e. The molecule has 0 spiro atoms. The van der Waals surface area contributed by atoms with E-state index in [1.54, 1.807) is 0 Å². The maximum absolute atomic E-state index is 11.4.